The predicted octanol–water partition coefficient (Wildman–Crippen LogP) is 3.06. The molecule has 0 unspecified atom stereocenters. The normalized spacial score (nSPS) is 10.3. The van der Waals surface area contributed by atoms with Crippen LogP contribution in [0.1, 0.15) is 46.8 Å². The van der Waals surface area contributed by atoms with E-state index in [4.69, 9.17) is 9.84 Å². The number of carbonyl (C=O) groups excluding carboxylic acids is 1. The molecule has 1 rings (SSSR count). The molecular weight excluding hydrogens is 244 g/mol. The first-order chi connectivity index (χ1) is 8.88. The van der Waals surface area contributed by atoms with Crippen molar-refractivity contribution in [2.45, 2.75) is 40.5 Å². The summed E-state index contributed by atoms with van der Waals surface area (Å²) in [6.45, 7) is 8.12. The summed E-state index contributed by atoms with van der Waals surface area (Å²) in [6.07, 6.45) is -0.103. The van der Waals surface area contributed by atoms with Gasteiger partial charge in [-0.25, -0.2) is 0 Å². The van der Waals surface area contributed by atoms with Crippen molar-refractivity contribution in [1.82, 2.24) is 0 Å². The Morgan fingerprint density at radius 1 is 1.16 bits per heavy atom. The van der Waals surface area contributed by atoms with Crippen LogP contribution in [0, 0.1) is 20.8 Å². The lowest BCUT2D eigenvalue weighted by Gasteiger charge is -2.15. The molecule has 0 fully saturated rings. The minimum absolute atomic E-state index is 0.0322. The lowest BCUT2D eigenvalue weighted by Crippen LogP contribution is -2.09. The molecule has 0 aliphatic rings. The Bertz CT molecular complexity index is 503. The number of aliphatic carboxylic acids is 1. The predicted molar refractivity (Wildman–Crippen MR) is 73.0 cm³/mol. The van der Waals surface area contributed by atoms with E-state index in [0.29, 0.717) is 12.2 Å². The average Bonchev–Trinajstić information content (AvgIpc) is 2.33. The number of benzene rings is 1. The van der Waals surface area contributed by atoms with Crippen LogP contribution in [0.4, 0.5) is 0 Å². The number of hydrogen-bond donors (Lipinski definition) is 1. The van der Waals surface area contributed by atoms with Gasteiger partial charge in [0, 0.05) is 12.0 Å². The first-order valence-electron chi connectivity index (χ1n) is 6.37. The van der Waals surface area contributed by atoms with Crippen LogP contribution >= 0.6 is 0 Å². The van der Waals surface area contributed by atoms with E-state index in [1.54, 1.807) is 0 Å². The molecule has 4 heteroatoms. The van der Waals surface area contributed by atoms with E-state index in [1.807, 2.05) is 33.8 Å². The summed E-state index contributed by atoms with van der Waals surface area (Å²) in [5.74, 6) is -0.290. The molecule has 0 atom stereocenters. The lowest BCUT2D eigenvalue weighted by atomic mass is 9.92. The summed E-state index contributed by atoms with van der Waals surface area (Å²) in [7, 11) is 0. The standard InChI is InChI=1S/C15H20O4/c1-5-19-13-8-9(2)15(11(4)10(13)3)12(16)6-7-14(17)18/h8H,5-7H2,1-4H3,(H,17,18). The monoisotopic (exact) mass is 264 g/mol. The molecule has 1 aromatic rings. The minimum Gasteiger partial charge on any atom is -0.494 e. The zero-order valence-corrected chi connectivity index (χ0v) is 11.9. The number of carboxylic acid groups (broad SMARTS) is 1. The van der Waals surface area contributed by atoms with Crippen molar-refractivity contribution in [1.29, 1.82) is 0 Å². The molecule has 0 heterocycles. The SMILES string of the molecule is CCOc1cc(C)c(C(=O)CCC(=O)O)c(C)c1C. The van der Waals surface area contributed by atoms with Crippen LogP contribution in [0.25, 0.3) is 0 Å². The molecule has 0 saturated carbocycles. The molecule has 104 valence electrons. The smallest absolute Gasteiger partial charge is 0.303 e. The van der Waals surface area contributed by atoms with Gasteiger partial charge in [-0.15, -0.1) is 0 Å². The number of aryl methyl sites for hydroxylation is 1. The van der Waals surface area contributed by atoms with Gasteiger partial charge in [0.2, 0.25) is 0 Å². The highest BCUT2D eigenvalue weighted by atomic mass is 16.5. The summed E-state index contributed by atoms with van der Waals surface area (Å²) in [5, 5.41) is 8.64. The summed E-state index contributed by atoms with van der Waals surface area (Å²) in [4.78, 5) is 22.6. The first kappa shape index (κ1) is 15.2. The third-order valence-electron chi connectivity index (χ3n) is 3.19. The maximum atomic E-state index is 12.1. The quantitative estimate of drug-likeness (QED) is 0.802. The maximum Gasteiger partial charge on any atom is 0.303 e. The van der Waals surface area contributed by atoms with Crippen molar-refractivity contribution in [2.24, 2.45) is 0 Å². The number of hydrogen-bond acceptors (Lipinski definition) is 3. The van der Waals surface area contributed by atoms with Gasteiger partial charge in [0.15, 0.2) is 5.78 Å². The highest BCUT2D eigenvalue weighted by Crippen LogP contribution is 2.28. The summed E-state index contributed by atoms with van der Waals surface area (Å²) in [6, 6.07) is 1.85. The van der Waals surface area contributed by atoms with E-state index in [9.17, 15) is 9.59 Å². The molecular formula is C15H20O4. The Kier molecular flexibility index (Phi) is 5.10. The van der Waals surface area contributed by atoms with E-state index in [2.05, 4.69) is 0 Å². The zero-order valence-electron chi connectivity index (χ0n) is 11.9. The van der Waals surface area contributed by atoms with E-state index in [0.717, 1.165) is 22.4 Å². The Labute approximate surface area is 113 Å². The van der Waals surface area contributed by atoms with Crippen molar-refractivity contribution >= 4 is 11.8 Å². The van der Waals surface area contributed by atoms with Gasteiger partial charge in [0.25, 0.3) is 0 Å². The van der Waals surface area contributed by atoms with Gasteiger partial charge in [0.1, 0.15) is 5.75 Å². The Hall–Kier alpha value is -1.84. The second-order valence-corrected chi connectivity index (χ2v) is 4.57. The molecule has 1 aromatic carbocycles. The van der Waals surface area contributed by atoms with E-state index >= 15 is 0 Å². The molecule has 0 bridgehead atoms. The van der Waals surface area contributed by atoms with Crippen LogP contribution in [-0.4, -0.2) is 23.5 Å². The second-order valence-electron chi connectivity index (χ2n) is 4.57. The molecule has 19 heavy (non-hydrogen) atoms. The molecule has 0 spiro atoms. The Balaban J connectivity index is 3.11. The summed E-state index contributed by atoms with van der Waals surface area (Å²) in [5.41, 5.74) is 3.27. The van der Waals surface area contributed by atoms with Crippen LogP contribution < -0.4 is 4.74 Å². The molecule has 0 aromatic heterocycles. The third-order valence-corrected chi connectivity index (χ3v) is 3.19. The summed E-state index contributed by atoms with van der Waals surface area (Å²) < 4.78 is 5.53. The molecule has 4 nitrogen and oxygen atoms in total. The van der Waals surface area contributed by atoms with Crippen molar-refractivity contribution in [3.05, 3.63) is 28.3 Å². The van der Waals surface area contributed by atoms with Crippen molar-refractivity contribution in [3.8, 4) is 5.75 Å². The van der Waals surface area contributed by atoms with Crippen LogP contribution in [-0.2, 0) is 4.79 Å². The largest absolute Gasteiger partial charge is 0.494 e. The average molecular weight is 264 g/mol. The van der Waals surface area contributed by atoms with E-state index in [1.165, 1.54) is 0 Å². The van der Waals surface area contributed by atoms with Crippen LogP contribution in [0.5, 0.6) is 5.75 Å². The topological polar surface area (TPSA) is 63.6 Å². The van der Waals surface area contributed by atoms with Gasteiger partial charge >= 0.3 is 5.97 Å². The number of ketones is 1. The molecule has 0 amide bonds. The van der Waals surface area contributed by atoms with Gasteiger partial charge in [0.05, 0.1) is 13.0 Å². The maximum absolute atomic E-state index is 12.1. The third kappa shape index (κ3) is 3.56. The first-order valence-corrected chi connectivity index (χ1v) is 6.37. The lowest BCUT2D eigenvalue weighted by molar-refractivity contribution is -0.136. The fourth-order valence-corrected chi connectivity index (χ4v) is 2.13. The molecule has 0 saturated heterocycles. The molecule has 0 aliphatic heterocycles. The van der Waals surface area contributed by atoms with Gasteiger partial charge < -0.3 is 9.84 Å². The van der Waals surface area contributed by atoms with Crippen LogP contribution in [0.15, 0.2) is 6.07 Å². The van der Waals surface area contributed by atoms with Gasteiger partial charge in [-0.05, 0) is 50.5 Å². The fraction of sp³-hybridized carbons (Fsp3) is 0.467. The second kappa shape index (κ2) is 6.36. The molecule has 0 radical (unpaired) electrons. The van der Waals surface area contributed by atoms with E-state index < -0.39 is 5.97 Å². The van der Waals surface area contributed by atoms with E-state index in [-0.39, 0.29) is 18.6 Å². The fourth-order valence-electron chi connectivity index (χ4n) is 2.13. The van der Waals surface area contributed by atoms with Crippen molar-refractivity contribution in [2.75, 3.05) is 6.61 Å². The Morgan fingerprint density at radius 2 is 1.79 bits per heavy atom. The highest BCUT2D eigenvalue weighted by Gasteiger charge is 2.17. The number of carbonyl (C=O) groups is 2. The van der Waals surface area contributed by atoms with Gasteiger partial charge in [-0.1, -0.05) is 0 Å². The highest BCUT2D eigenvalue weighted by molar-refractivity contribution is 6.00. The zero-order chi connectivity index (χ0) is 14.6. The summed E-state index contributed by atoms with van der Waals surface area (Å²) >= 11 is 0. The number of ether oxygens (including phenoxy) is 1. The van der Waals surface area contributed by atoms with Crippen molar-refractivity contribution in [3.63, 3.8) is 0 Å². The van der Waals surface area contributed by atoms with Gasteiger partial charge in [-0.2, -0.15) is 0 Å². The Morgan fingerprint density at radius 3 is 2.32 bits per heavy atom. The molecule has 0 aliphatic carbocycles. The number of Topliss-reactive ketones (excluding diaryl/α,β-unsaturated/α-hetero) is 1. The van der Waals surface area contributed by atoms with Gasteiger partial charge in [-0.3, -0.25) is 9.59 Å². The van der Waals surface area contributed by atoms with Crippen LogP contribution in [0.2, 0.25) is 0 Å². The molecule has 1 N–H and O–H groups in total. The number of carboxylic acids is 1. The van der Waals surface area contributed by atoms with Crippen molar-refractivity contribution < 1.29 is 19.4 Å². The number of rotatable bonds is 6. The minimum atomic E-state index is -0.952. The van der Waals surface area contributed by atoms with Crippen LogP contribution in [0.3, 0.4) is 0 Å².